The molecule has 0 saturated carbocycles. The Morgan fingerprint density at radius 1 is 1.24 bits per heavy atom. The summed E-state index contributed by atoms with van der Waals surface area (Å²) in [5.41, 5.74) is 14.1. The van der Waals surface area contributed by atoms with Crippen LogP contribution < -0.4 is 11.5 Å². The Hall–Kier alpha value is -1.71. The molecule has 0 bridgehead atoms. The fourth-order valence-corrected chi connectivity index (χ4v) is 1.89. The van der Waals surface area contributed by atoms with Crippen molar-refractivity contribution in [3.63, 3.8) is 0 Å². The second-order valence-electron chi connectivity index (χ2n) is 5.00. The van der Waals surface area contributed by atoms with Crippen LogP contribution in [0.4, 0.5) is 11.4 Å². The van der Waals surface area contributed by atoms with E-state index in [0.717, 1.165) is 5.56 Å². The van der Waals surface area contributed by atoms with Gasteiger partial charge in [-0.1, -0.05) is 20.8 Å². The first-order chi connectivity index (χ1) is 7.77. The molecule has 0 aliphatic rings. The van der Waals surface area contributed by atoms with Gasteiger partial charge in [0.1, 0.15) is 0 Å². The lowest BCUT2D eigenvalue weighted by Gasteiger charge is -2.23. The van der Waals surface area contributed by atoms with Crippen molar-refractivity contribution in [1.82, 2.24) is 0 Å². The molecule has 0 spiro atoms. The third-order valence-corrected chi connectivity index (χ3v) is 2.46. The molecule has 4 heteroatoms. The van der Waals surface area contributed by atoms with Gasteiger partial charge in [-0.2, -0.15) is 0 Å². The second-order valence-corrected chi connectivity index (χ2v) is 5.00. The average molecular weight is 236 g/mol. The Balaban J connectivity index is 3.23. The number of benzene rings is 1. The van der Waals surface area contributed by atoms with Gasteiger partial charge in [0.05, 0.1) is 12.2 Å². The van der Waals surface area contributed by atoms with E-state index in [9.17, 15) is 4.79 Å². The van der Waals surface area contributed by atoms with Crippen molar-refractivity contribution in [2.24, 2.45) is 0 Å². The number of esters is 1. The van der Waals surface area contributed by atoms with Crippen molar-refractivity contribution in [3.8, 4) is 0 Å². The molecule has 94 valence electrons. The molecule has 1 rings (SSSR count). The summed E-state index contributed by atoms with van der Waals surface area (Å²) in [6, 6.07) is 3.24. The zero-order valence-corrected chi connectivity index (χ0v) is 10.8. The number of ether oxygens (including phenoxy) is 1. The van der Waals surface area contributed by atoms with Crippen molar-refractivity contribution in [3.05, 3.63) is 23.3 Å². The van der Waals surface area contributed by atoms with Gasteiger partial charge in [0, 0.05) is 16.9 Å². The van der Waals surface area contributed by atoms with Crippen LogP contribution in [0.15, 0.2) is 12.1 Å². The molecule has 0 aliphatic carbocycles. The lowest BCUT2D eigenvalue weighted by Crippen LogP contribution is -2.18. The number of carbonyl (C=O) groups is 1. The maximum absolute atomic E-state index is 11.6. The quantitative estimate of drug-likeness (QED) is 0.610. The number of nitrogen functional groups attached to an aromatic ring is 2. The van der Waals surface area contributed by atoms with E-state index < -0.39 is 5.97 Å². The molecule has 1 aromatic rings. The normalized spacial score (nSPS) is 11.3. The van der Waals surface area contributed by atoms with Crippen LogP contribution in [0.5, 0.6) is 0 Å². The van der Waals surface area contributed by atoms with Crippen LogP contribution in [0, 0.1) is 0 Å². The highest BCUT2D eigenvalue weighted by Crippen LogP contribution is 2.33. The molecule has 4 nitrogen and oxygen atoms in total. The molecule has 0 unspecified atom stereocenters. The van der Waals surface area contributed by atoms with E-state index in [1.807, 2.05) is 20.8 Å². The molecule has 0 atom stereocenters. The lowest BCUT2D eigenvalue weighted by atomic mass is 9.84. The van der Waals surface area contributed by atoms with Crippen LogP contribution in [-0.2, 0) is 10.2 Å². The van der Waals surface area contributed by atoms with Crippen molar-refractivity contribution >= 4 is 17.3 Å². The molecular formula is C13H20N2O2. The fraction of sp³-hybridized carbons (Fsp3) is 0.462. The van der Waals surface area contributed by atoms with Gasteiger partial charge in [-0.05, 0) is 24.5 Å². The topological polar surface area (TPSA) is 78.3 Å². The minimum absolute atomic E-state index is 0.151. The van der Waals surface area contributed by atoms with Crippen molar-refractivity contribution in [2.75, 3.05) is 18.1 Å². The average Bonchev–Trinajstić information content (AvgIpc) is 2.14. The van der Waals surface area contributed by atoms with Gasteiger partial charge in [-0.15, -0.1) is 0 Å². The van der Waals surface area contributed by atoms with Crippen LogP contribution in [0.3, 0.4) is 0 Å². The number of nitrogens with two attached hydrogens (primary N) is 2. The summed E-state index contributed by atoms with van der Waals surface area (Å²) in [7, 11) is 0. The summed E-state index contributed by atoms with van der Waals surface area (Å²) in [5, 5.41) is 0. The highest BCUT2D eigenvalue weighted by atomic mass is 16.5. The number of carbonyl (C=O) groups excluding carboxylic acids is 1. The van der Waals surface area contributed by atoms with E-state index in [-0.39, 0.29) is 5.41 Å². The smallest absolute Gasteiger partial charge is 0.338 e. The van der Waals surface area contributed by atoms with Gasteiger partial charge in [0.15, 0.2) is 0 Å². The molecule has 4 N–H and O–H groups in total. The molecule has 0 saturated heterocycles. The Bertz CT molecular complexity index is 411. The summed E-state index contributed by atoms with van der Waals surface area (Å²) in [6.07, 6.45) is 0. The molecule has 0 fully saturated rings. The predicted octanol–water partition coefficient (Wildman–Crippen LogP) is 2.33. The largest absolute Gasteiger partial charge is 0.462 e. The summed E-state index contributed by atoms with van der Waals surface area (Å²) in [4.78, 5) is 11.6. The number of hydrogen-bond donors (Lipinski definition) is 2. The summed E-state index contributed by atoms with van der Waals surface area (Å²) < 4.78 is 4.91. The Morgan fingerprint density at radius 2 is 1.71 bits per heavy atom. The van der Waals surface area contributed by atoms with Crippen LogP contribution in [0.25, 0.3) is 0 Å². The maximum Gasteiger partial charge on any atom is 0.338 e. The van der Waals surface area contributed by atoms with Crippen LogP contribution >= 0.6 is 0 Å². The molecule has 0 heterocycles. The SMILES string of the molecule is CCOC(=O)c1cc(N)c(C(C)(C)C)c(N)c1. The van der Waals surface area contributed by atoms with E-state index in [1.165, 1.54) is 0 Å². The van der Waals surface area contributed by atoms with E-state index in [1.54, 1.807) is 19.1 Å². The summed E-state index contributed by atoms with van der Waals surface area (Å²) >= 11 is 0. The zero-order valence-electron chi connectivity index (χ0n) is 10.8. The van der Waals surface area contributed by atoms with Gasteiger partial charge in [0.2, 0.25) is 0 Å². The number of rotatable bonds is 2. The molecule has 0 amide bonds. The van der Waals surface area contributed by atoms with Crippen molar-refractivity contribution in [1.29, 1.82) is 0 Å². The summed E-state index contributed by atoms with van der Waals surface area (Å²) in [6.45, 7) is 8.17. The monoisotopic (exact) mass is 236 g/mol. The standard InChI is InChI=1S/C13H20N2O2/c1-5-17-12(16)8-6-9(14)11(10(15)7-8)13(2,3)4/h6-7H,5,14-15H2,1-4H3. The van der Waals surface area contributed by atoms with Gasteiger partial charge in [-0.3, -0.25) is 0 Å². The van der Waals surface area contributed by atoms with Crippen LogP contribution in [-0.4, -0.2) is 12.6 Å². The van der Waals surface area contributed by atoms with E-state index in [0.29, 0.717) is 23.5 Å². The Kier molecular flexibility index (Phi) is 3.66. The second kappa shape index (κ2) is 4.65. The van der Waals surface area contributed by atoms with Gasteiger partial charge in [0.25, 0.3) is 0 Å². The van der Waals surface area contributed by atoms with Crippen molar-refractivity contribution in [2.45, 2.75) is 33.1 Å². The number of anilines is 2. The highest BCUT2D eigenvalue weighted by molar-refractivity contribution is 5.92. The van der Waals surface area contributed by atoms with Gasteiger partial charge < -0.3 is 16.2 Å². The zero-order chi connectivity index (χ0) is 13.2. The Labute approximate surface area is 102 Å². The number of hydrogen-bond acceptors (Lipinski definition) is 4. The fourth-order valence-electron chi connectivity index (χ4n) is 1.89. The first-order valence-electron chi connectivity index (χ1n) is 5.64. The van der Waals surface area contributed by atoms with E-state index >= 15 is 0 Å². The van der Waals surface area contributed by atoms with Gasteiger partial charge >= 0.3 is 5.97 Å². The third-order valence-electron chi connectivity index (χ3n) is 2.46. The minimum Gasteiger partial charge on any atom is -0.462 e. The highest BCUT2D eigenvalue weighted by Gasteiger charge is 2.22. The molecule has 0 aromatic heterocycles. The first-order valence-corrected chi connectivity index (χ1v) is 5.64. The van der Waals surface area contributed by atoms with Crippen LogP contribution in [0.2, 0.25) is 0 Å². The predicted molar refractivity (Wildman–Crippen MR) is 69.9 cm³/mol. The molecular weight excluding hydrogens is 216 g/mol. The first kappa shape index (κ1) is 13.4. The summed E-state index contributed by atoms with van der Waals surface area (Å²) in [5.74, 6) is -0.397. The minimum atomic E-state index is -0.397. The maximum atomic E-state index is 11.6. The third kappa shape index (κ3) is 2.90. The van der Waals surface area contributed by atoms with E-state index in [2.05, 4.69) is 0 Å². The lowest BCUT2D eigenvalue weighted by molar-refractivity contribution is 0.0526. The van der Waals surface area contributed by atoms with E-state index in [4.69, 9.17) is 16.2 Å². The molecule has 1 aromatic carbocycles. The van der Waals surface area contributed by atoms with Gasteiger partial charge in [-0.25, -0.2) is 4.79 Å². The Morgan fingerprint density at radius 3 is 2.06 bits per heavy atom. The molecule has 0 aliphatic heterocycles. The molecule has 17 heavy (non-hydrogen) atoms. The van der Waals surface area contributed by atoms with Crippen LogP contribution in [0.1, 0.15) is 43.6 Å². The molecule has 0 radical (unpaired) electrons. The van der Waals surface area contributed by atoms with Crippen molar-refractivity contribution < 1.29 is 9.53 Å².